The lowest BCUT2D eigenvalue weighted by Gasteiger charge is -2.11. The molecule has 0 aromatic heterocycles. The molecular formula is C14H11O-. The van der Waals surface area contributed by atoms with E-state index >= 15 is 0 Å². The Bertz CT molecular complexity index is 443. The first kappa shape index (κ1) is 9.53. The van der Waals surface area contributed by atoms with Gasteiger partial charge in [0, 0.05) is 0 Å². The fraction of sp³-hybridized carbons (Fsp3) is 0. The molecule has 0 bridgehead atoms. The summed E-state index contributed by atoms with van der Waals surface area (Å²) in [6.07, 6.45) is 1.65. The third-order valence-corrected chi connectivity index (χ3v) is 2.16. The quantitative estimate of drug-likeness (QED) is 0.533. The molecule has 74 valence electrons. The molecule has 1 nitrogen and oxygen atoms in total. The highest BCUT2D eigenvalue weighted by atomic mass is 16.3. The smallest absolute Gasteiger partial charge is 0.0263 e. The predicted molar refractivity (Wildman–Crippen MR) is 60.8 cm³/mol. The maximum Gasteiger partial charge on any atom is -0.0263 e. The first-order chi connectivity index (χ1) is 7.36. The molecule has 0 aliphatic rings. The van der Waals surface area contributed by atoms with Crippen LogP contribution in [0.25, 0.3) is 11.8 Å². The van der Waals surface area contributed by atoms with E-state index in [0.717, 1.165) is 11.1 Å². The van der Waals surface area contributed by atoms with Crippen molar-refractivity contribution in [2.45, 2.75) is 0 Å². The lowest BCUT2D eigenvalue weighted by Crippen LogP contribution is -2.01. The Kier molecular flexibility index (Phi) is 2.84. The minimum absolute atomic E-state index is 0.0433. The van der Waals surface area contributed by atoms with Crippen LogP contribution in [0.3, 0.4) is 0 Å². The molecule has 15 heavy (non-hydrogen) atoms. The molecular weight excluding hydrogens is 184 g/mol. The lowest BCUT2D eigenvalue weighted by molar-refractivity contribution is -0.242. The van der Waals surface area contributed by atoms with Gasteiger partial charge in [-0.3, -0.25) is 0 Å². The Morgan fingerprint density at radius 1 is 0.800 bits per heavy atom. The molecule has 0 N–H and O–H groups in total. The van der Waals surface area contributed by atoms with Crippen LogP contribution in [0.1, 0.15) is 11.1 Å². The minimum atomic E-state index is 0.0433. The maximum absolute atomic E-state index is 11.8. The summed E-state index contributed by atoms with van der Waals surface area (Å²) in [6.45, 7) is 0. The van der Waals surface area contributed by atoms with Gasteiger partial charge in [-0.1, -0.05) is 66.7 Å². The van der Waals surface area contributed by atoms with Crippen molar-refractivity contribution >= 4 is 11.8 Å². The van der Waals surface area contributed by atoms with Crippen LogP contribution in [0.2, 0.25) is 0 Å². The number of rotatable bonds is 2. The summed E-state index contributed by atoms with van der Waals surface area (Å²) in [5.74, 6) is 0.0433. The van der Waals surface area contributed by atoms with Crippen molar-refractivity contribution in [3.63, 3.8) is 0 Å². The molecule has 0 saturated heterocycles. The first-order valence-corrected chi connectivity index (χ1v) is 4.85. The molecule has 1 heteroatoms. The average Bonchev–Trinajstić information content (AvgIpc) is 2.31. The first-order valence-electron chi connectivity index (χ1n) is 4.85. The molecule has 0 aliphatic carbocycles. The fourth-order valence-corrected chi connectivity index (χ4v) is 1.39. The number of hydrogen-bond donors (Lipinski definition) is 0. The van der Waals surface area contributed by atoms with E-state index in [1.165, 1.54) is 0 Å². The molecule has 0 saturated carbocycles. The second-order valence-electron chi connectivity index (χ2n) is 3.29. The third-order valence-electron chi connectivity index (χ3n) is 2.16. The van der Waals surface area contributed by atoms with Crippen LogP contribution in [0.15, 0.2) is 60.7 Å². The average molecular weight is 195 g/mol. The lowest BCUT2D eigenvalue weighted by atomic mass is 10.1. The van der Waals surface area contributed by atoms with E-state index in [9.17, 15) is 5.11 Å². The van der Waals surface area contributed by atoms with E-state index < -0.39 is 0 Å². The van der Waals surface area contributed by atoms with Gasteiger partial charge in [0.25, 0.3) is 0 Å². The van der Waals surface area contributed by atoms with Crippen LogP contribution in [0.4, 0.5) is 0 Å². The third kappa shape index (κ3) is 2.47. The number of benzene rings is 2. The van der Waals surface area contributed by atoms with Gasteiger partial charge >= 0.3 is 0 Å². The maximum atomic E-state index is 11.8. The Hall–Kier alpha value is -2.02. The van der Waals surface area contributed by atoms with E-state index in [4.69, 9.17) is 0 Å². The Labute approximate surface area is 89.3 Å². The van der Waals surface area contributed by atoms with Gasteiger partial charge in [0.1, 0.15) is 0 Å². The van der Waals surface area contributed by atoms with Crippen LogP contribution in [-0.2, 0) is 0 Å². The molecule has 2 aromatic rings. The largest absolute Gasteiger partial charge is 0.872 e. The summed E-state index contributed by atoms with van der Waals surface area (Å²) in [4.78, 5) is 0. The highest BCUT2D eigenvalue weighted by molar-refractivity contribution is 5.75. The molecule has 0 radical (unpaired) electrons. The van der Waals surface area contributed by atoms with Crippen molar-refractivity contribution < 1.29 is 5.11 Å². The van der Waals surface area contributed by atoms with Gasteiger partial charge in [-0.15, -0.1) is 5.76 Å². The zero-order chi connectivity index (χ0) is 10.5. The zero-order valence-electron chi connectivity index (χ0n) is 8.26. The second-order valence-corrected chi connectivity index (χ2v) is 3.29. The van der Waals surface area contributed by atoms with Crippen molar-refractivity contribution in [3.05, 3.63) is 71.8 Å². The topological polar surface area (TPSA) is 23.1 Å². The van der Waals surface area contributed by atoms with Gasteiger partial charge in [0.05, 0.1) is 0 Å². The summed E-state index contributed by atoms with van der Waals surface area (Å²) in [6, 6.07) is 18.9. The Morgan fingerprint density at radius 2 is 1.33 bits per heavy atom. The summed E-state index contributed by atoms with van der Waals surface area (Å²) in [5.41, 5.74) is 1.66. The summed E-state index contributed by atoms with van der Waals surface area (Å²) < 4.78 is 0. The minimum Gasteiger partial charge on any atom is -0.872 e. The molecule has 2 aromatic carbocycles. The fourth-order valence-electron chi connectivity index (χ4n) is 1.39. The van der Waals surface area contributed by atoms with Crippen LogP contribution in [-0.4, -0.2) is 0 Å². The van der Waals surface area contributed by atoms with Crippen LogP contribution >= 0.6 is 0 Å². The molecule has 0 spiro atoms. The SMILES string of the molecule is [O-]/C(=C\c1ccccc1)c1ccccc1. The van der Waals surface area contributed by atoms with Crippen LogP contribution in [0, 0.1) is 0 Å². The van der Waals surface area contributed by atoms with E-state index in [2.05, 4.69) is 0 Å². The van der Waals surface area contributed by atoms with Gasteiger partial charge in [0.2, 0.25) is 0 Å². The summed E-state index contributed by atoms with van der Waals surface area (Å²) >= 11 is 0. The van der Waals surface area contributed by atoms with Gasteiger partial charge in [-0.2, -0.15) is 0 Å². The zero-order valence-corrected chi connectivity index (χ0v) is 8.26. The van der Waals surface area contributed by atoms with Gasteiger partial charge in [0.15, 0.2) is 0 Å². The highest BCUT2D eigenvalue weighted by Gasteiger charge is 1.89. The Balaban J connectivity index is 2.29. The predicted octanol–water partition coefficient (Wildman–Crippen LogP) is 2.55. The van der Waals surface area contributed by atoms with Gasteiger partial charge < -0.3 is 5.11 Å². The summed E-state index contributed by atoms with van der Waals surface area (Å²) in [5, 5.41) is 11.8. The molecule has 0 amide bonds. The monoisotopic (exact) mass is 195 g/mol. The molecule has 0 fully saturated rings. The molecule has 0 unspecified atom stereocenters. The molecule has 0 heterocycles. The normalized spacial score (nSPS) is 11.3. The standard InChI is InChI=1S/C14H12O/c15-14(13-9-5-2-6-10-13)11-12-7-3-1-4-8-12/h1-11,15H/p-1/b14-11-. The van der Waals surface area contributed by atoms with Crippen LogP contribution in [0.5, 0.6) is 0 Å². The van der Waals surface area contributed by atoms with Crippen molar-refractivity contribution in [1.29, 1.82) is 0 Å². The Morgan fingerprint density at radius 3 is 1.93 bits per heavy atom. The van der Waals surface area contributed by atoms with E-state index in [1.54, 1.807) is 6.08 Å². The van der Waals surface area contributed by atoms with Crippen LogP contribution < -0.4 is 5.11 Å². The van der Waals surface area contributed by atoms with Crippen molar-refractivity contribution in [3.8, 4) is 0 Å². The van der Waals surface area contributed by atoms with Gasteiger partial charge in [-0.25, -0.2) is 0 Å². The van der Waals surface area contributed by atoms with E-state index in [-0.39, 0.29) is 5.76 Å². The van der Waals surface area contributed by atoms with Gasteiger partial charge in [-0.05, 0) is 11.1 Å². The van der Waals surface area contributed by atoms with E-state index in [1.807, 2.05) is 60.7 Å². The van der Waals surface area contributed by atoms with Crippen molar-refractivity contribution in [2.75, 3.05) is 0 Å². The molecule has 0 atom stereocenters. The van der Waals surface area contributed by atoms with Crippen molar-refractivity contribution in [2.24, 2.45) is 0 Å². The molecule has 0 aliphatic heterocycles. The second kappa shape index (κ2) is 4.47. The number of hydrogen-bond acceptors (Lipinski definition) is 1. The highest BCUT2D eigenvalue weighted by Crippen LogP contribution is 2.12. The molecule has 2 rings (SSSR count). The summed E-state index contributed by atoms with van der Waals surface area (Å²) in [7, 11) is 0. The van der Waals surface area contributed by atoms with Crippen molar-refractivity contribution in [1.82, 2.24) is 0 Å². The van der Waals surface area contributed by atoms with E-state index in [0.29, 0.717) is 0 Å².